The molecule has 7 heteroatoms. The molecule has 0 aromatic heterocycles. The molecule has 1 heterocycles. The summed E-state index contributed by atoms with van der Waals surface area (Å²) in [5.41, 5.74) is 2.01. The SMILES string of the molecule is CC(=O)Nc1ccc(C(=O)[C@@H](C)OC(=O)c2ccc(N3CCCC3=O)cc2)cc1. The smallest absolute Gasteiger partial charge is 0.338 e. The fourth-order valence-corrected chi connectivity index (χ4v) is 3.14. The molecule has 1 aliphatic heterocycles. The molecule has 1 fully saturated rings. The first-order valence-electron chi connectivity index (χ1n) is 9.38. The van der Waals surface area contributed by atoms with Crippen LogP contribution in [0.4, 0.5) is 11.4 Å². The zero-order valence-corrected chi connectivity index (χ0v) is 16.3. The lowest BCUT2D eigenvalue weighted by molar-refractivity contribution is -0.117. The number of carbonyl (C=O) groups excluding carboxylic acids is 4. The van der Waals surface area contributed by atoms with Crippen molar-refractivity contribution in [3.05, 3.63) is 59.7 Å². The van der Waals surface area contributed by atoms with Gasteiger partial charge in [-0.3, -0.25) is 14.4 Å². The minimum atomic E-state index is -0.964. The largest absolute Gasteiger partial charge is 0.451 e. The number of hydrogen-bond donors (Lipinski definition) is 1. The lowest BCUT2D eigenvalue weighted by Gasteiger charge is -2.16. The van der Waals surface area contributed by atoms with Crippen LogP contribution in [-0.4, -0.2) is 36.2 Å². The van der Waals surface area contributed by atoms with Gasteiger partial charge < -0.3 is 15.0 Å². The lowest BCUT2D eigenvalue weighted by atomic mass is 10.1. The Balaban J connectivity index is 1.61. The second-order valence-corrected chi connectivity index (χ2v) is 6.87. The maximum Gasteiger partial charge on any atom is 0.338 e. The Bertz CT molecular complexity index is 935. The third-order valence-electron chi connectivity index (χ3n) is 4.63. The average molecular weight is 394 g/mol. The van der Waals surface area contributed by atoms with Crippen molar-refractivity contribution in [1.82, 2.24) is 0 Å². The van der Waals surface area contributed by atoms with E-state index < -0.39 is 12.1 Å². The minimum absolute atomic E-state index is 0.0732. The van der Waals surface area contributed by atoms with Crippen LogP contribution in [0.2, 0.25) is 0 Å². The van der Waals surface area contributed by atoms with E-state index >= 15 is 0 Å². The number of benzene rings is 2. The number of Topliss-reactive ketones (excluding diaryl/α,β-unsaturated/α-hetero) is 1. The second kappa shape index (κ2) is 8.68. The van der Waals surface area contributed by atoms with E-state index in [1.54, 1.807) is 53.4 Å². The maximum absolute atomic E-state index is 12.5. The van der Waals surface area contributed by atoms with Gasteiger partial charge >= 0.3 is 5.97 Å². The van der Waals surface area contributed by atoms with Gasteiger partial charge in [0.1, 0.15) is 0 Å². The van der Waals surface area contributed by atoms with Crippen LogP contribution in [0.1, 0.15) is 47.4 Å². The third-order valence-corrected chi connectivity index (χ3v) is 4.63. The van der Waals surface area contributed by atoms with Crippen LogP contribution in [0.5, 0.6) is 0 Å². The van der Waals surface area contributed by atoms with Crippen LogP contribution in [0.3, 0.4) is 0 Å². The molecule has 0 saturated carbocycles. The van der Waals surface area contributed by atoms with Crippen LogP contribution in [-0.2, 0) is 14.3 Å². The summed E-state index contributed by atoms with van der Waals surface area (Å²) in [6.07, 6.45) is 0.400. The van der Waals surface area contributed by atoms with Crippen molar-refractivity contribution in [1.29, 1.82) is 0 Å². The van der Waals surface area contributed by atoms with Crippen molar-refractivity contribution in [2.45, 2.75) is 32.8 Å². The highest BCUT2D eigenvalue weighted by Crippen LogP contribution is 2.22. The fraction of sp³-hybridized carbons (Fsp3) is 0.273. The summed E-state index contributed by atoms with van der Waals surface area (Å²) in [4.78, 5) is 49.4. The number of esters is 1. The molecule has 0 spiro atoms. The van der Waals surface area contributed by atoms with Gasteiger partial charge in [-0.1, -0.05) is 0 Å². The summed E-state index contributed by atoms with van der Waals surface area (Å²) in [5.74, 6) is -1.08. The van der Waals surface area contributed by atoms with Gasteiger partial charge in [-0.2, -0.15) is 0 Å². The summed E-state index contributed by atoms with van der Waals surface area (Å²) < 4.78 is 5.30. The van der Waals surface area contributed by atoms with E-state index in [2.05, 4.69) is 5.32 Å². The van der Waals surface area contributed by atoms with E-state index in [0.717, 1.165) is 12.1 Å². The number of amides is 2. The van der Waals surface area contributed by atoms with E-state index in [4.69, 9.17) is 4.74 Å². The van der Waals surface area contributed by atoms with Crippen molar-refractivity contribution < 1.29 is 23.9 Å². The first kappa shape index (κ1) is 20.3. The molecule has 1 aliphatic rings. The Morgan fingerprint density at radius 1 is 1.00 bits per heavy atom. The third kappa shape index (κ3) is 4.87. The predicted octanol–water partition coefficient (Wildman–Crippen LogP) is 3.20. The molecule has 2 amide bonds. The van der Waals surface area contributed by atoms with Crippen LogP contribution in [0, 0.1) is 0 Å². The number of ketones is 1. The van der Waals surface area contributed by atoms with Gasteiger partial charge in [0.2, 0.25) is 17.6 Å². The molecule has 1 saturated heterocycles. The molecule has 0 aliphatic carbocycles. The minimum Gasteiger partial charge on any atom is -0.451 e. The second-order valence-electron chi connectivity index (χ2n) is 6.87. The van der Waals surface area contributed by atoms with Crippen molar-refractivity contribution in [2.75, 3.05) is 16.8 Å². The summed E-state index contributed by atoms with van der Waals surface area (Å²) >= 11 is 0. The van der Waals surface area contributed by atoms with E-state index in [1.165, 1.54) is 13.8 Å². The normalized spacial score (nSPS) is 14.4. The summed E-state index contributed by atoms with van der Waals surface area (Å²) in [5, 5.41) is 2.62. The molecular weight excluding hydrogens is 372 g/mol. The number of nitrogens with zero attached hydrogens (tertiary/aromatic N) is 1. The Morgan fingerprint density at radius 3 is 2.17 bits per heavy atom. The molecule has 1 atom stereocenters. The van der Waals surface area contributed by atoms with Crippen molar-refractivity contribution in [2.24, 2.45) is 0 Å². The number of ether oxygens (including phenoxy) is 1. The summed E-state index contributed by atoms with van der Waals surface area (Å²) in [6.45, 7) is 3.59. The Labute approximate surface area is 168 Å². The average Bonchev–Trinajstić information content (AvgIpc) is 3.13. The first-order chi connectivity index (χ1) is 13.8. The number of nitrogens with one attached hydrogen (secondary N) is 1. The molecule has 2 aromatic rings. The molecule has 0 bridgehead atoms. The molecule has 1 N–H and O–H groups in total. The highest BCUT2D eigenvalue weighted by molar-refractivity contribution is 6.02. The molecule has 3 rings (SSSR count). The van der Waals surface area contributed by atoms with E-state index in [0.29, 0.717) is 29.8 Å². The van der Waals surface area contributed by atoms with Crippen molar-refractivity contribution >= 4 is 34.9 Å². The fourth-order valence-electron chi connectivity index (χ4n) is 3.14. The lowest BCUT2D eigenvalue weighted by Crippen LogP contribution is -2.25. The van der Waals surface area contributed by atoms with Crippen LogP contribution in [0.25, 0.3) is 0 Å². The number of anilines is 2. The Morgan fingerprint density at radius 2 is 1.62 bits per heavy atom. The molecule has 29 heavy (non-hydrogen) atoms. The molecule has 2 aromatic carbocycles. The van der Waals surface area contributed by atoms with Gasteiger partial charge in [0, 0.05) is 36.8 Å². The van der Waals surface area contributed by atoms with E-state index in [9.17, 15) is 19.2 Å². The number of carbonyl (C=O) groups is 4. The van der Waals surface area contributed by atoms with Crippen LogP contribution in [0.15, 0.2) is 48.5 Å². The summed E-state index contributed by atoms with van der Waals surface area (Å²) in [6, 6.07) is 12.9. The van der Waals surface area contributed by atoms with Gasteiger partial charge in [0.05, 0.1) is 5.56 Å². The van der Waals surface area contributed by atoms with Gasteiger partial charge in [0.25, 0.3) is 0 Å². The zero-order valence-electron chi connectivity index (χ0n) is 16.3. The van der Waals surface area contributed by atoms with Gasteiger partial charge in [0.15, 0.2) is 6.10 Å². The predicted molar refractivity (Wildman–Crippen MR) is 108 cm³/mol. The highest BCUT2D eigenvalue weighted by Gasteiger charge is 2.23. The van der Waals surface area contributed by atoms with E-state index in [-0.39, 0.29) is 17.6 Å². The number of hydrogen-bond acceptors (Lipinski definition) is 5. The maximum atomic E-state index is 12.5. The zero-order chi connectivity index (χ0) is 21.0. The number of rotatable bonds is 6. The Kier molecular flexibility index (Phi) is 6.07. The van der Waals surface area contributed by atoms with Gasteiger partial charge in [-0.25, -0.2) is 4.79 Å². The van der Waals surface area contributed by atoms with Crippen LogP contribution >= 0.6 is 0 Å². The monoisotopic (exact) mass is 394 g/mol. The van der Waals surface area contributed by atoms with Gasteiger partial charge in [-0.15, -0.1) is 0 Å². The van der Waals surface area contributed by atoms with Gasteiger partial charge in [-0.05, 0) is 61.9 Å². The topological polar surface area (TPSA) is 92.8 Å². The standard InChI is InChI=1S/C22H22N2O5/c1-14(21(27)16-5-9-18(10-6-16)23-15(2)25)29-22(28)17-7-11-19(12-8-17)24-13-3-4-20(24)26/h5-12,14H,3-4,13H2,1-2H3,(H,23,25)/t14-/m1/s1. The molecule has 0 radical (unpaired) electrons. The molecule has 0 unspecified atom stereocenters. The van der Waals surface area contributed by atoms with Crippen LogP contribution < -0.4 is 10.2 Å². The van der Waals surface area contributed by atoms with E-state index in [1.807, 2.05) is 0 Å². The highest BCUT2D eigenvalue weighted by atomic mass is 16.5. The van der Waals surface area contributed by atoms with Crippen molar-refractivity contribution in [3.63, 3.8) is 0 Å². The molecule has 7 nitrogen and oxygen atoms in total. The van der Waals surface area contributed by atoms with Crippen molar-refractivity contribution in [3.8, 4) is 0 Å². The molecule has 150 valence electrons. The first-order valence-corrected chi connectivity index (χ1v) is 9.38. The summed E-state index contributed by atoms with van der Waals surface area (Å²) in [7, 11) is 0. The Hall–Kier alpha value is -3.48. The quantitative estimate of drug-likeness (QED) is 0.600. The molecular formula is C22H22N2O5.